The Kier molecular flexibility index (Phi) is 3.76. The minimum Gasteiger partial charge on any atom is -0.364 e. The van der Waals surface area contributed by atoms with Crippen molar-refractivity contribution in [2.45, 2.75) is 18.9 Å². The fourth-order valence-corrected chi connectivity index (χ4v) is 1.81. The highest BCUT2D eigenvalue weighted by atomic mass is 16.2. The summed E-state index contributed by atoms with van der Waals surface area (Å²) < 4.78 is 0. The van der Waals surface area contributed by atoms with Crippen LogP contribution in [0.5, 0.6) is 0 Å². The lowest BCUT2D eigenvalue weighted by Gasteiger charge is -2.16. The molecule has 1 aromatic rings. The smallest absolute Gasteiger partial charge is 0.273 e. The second kappa shape index (κ2) is 5.30. The lowest BCUT2D eigenvalue weighted by Crippen LogP contribution is -2.31. The third-order valence-corrected chi connectivity index (χ3v) is 3.07. The van der Waals surface area contributed by atoms with Gasteiger partial charge in [0, 0.05) is 26.7 Å². The third kappa shape index (κ3) is 2.95. The highest BCUT2D eigenvalue weighted by Crippen LogP contribution is 2.33. The van der Waals surface area contributed by atoms with Crippen molar-refractivity contribution in [1.82, 2.24) is 15.1 Å². The Morgan fingerprint density at radius 3 is 2.67 bits per heavy atom. The number of carbonyl (C=O) groups is 1. The maximum atomic E-state index is 11.6. The molecule has 0 saturated heterocycles. The standard InChI is InChI=1S/C12H19N5O/c1-17(2)12(18)9-5-6-11(16-15-9)14-10(7-13)8-3-4-8/h5-6,8,10H,3-4,7,13H2,1-2H3,(H,14,16). The Balaban J connectivity index is 2.00. The first-order valence-corrected chi connectivity index (χ1v) is 6.14. The summed E-state index contributed by atoms with van der Waals surface area (Å²) in [6, 6.07) is 3.71. The third-order valence-electron chi connectivity index (χ3n) is 3.07. The van der Waals surface area contributed by atoms with Crippen LogP contribution in [0, 0.1) is 5.92 Å². The second-order valence-corrected chi connectivity index (χ2v) is 4.83. The van der Waals surface area contributed by atoms with Gasteiger partial charge in [-0.15, -0.1) is 10.2 Å². The molecule has 2 rings (SSSR count). The average Bonchev–Trinajstić information content (AvgIpc) is 3.20. The Morgan fingerprint density at radius 1 is 1.50 bits per heavy atom. The summed E-state index contributed by atoms with van der Waals surface area (Å²) in [7, 11) is 3.38. The normalized spacial score (nSPS) is 16.2. The van der Waals surface area contributed by atoms with Crippen molar-refractivity contribution in [2.24, 2.45) is 11.7 Å². The number of amides is 1. The molecule has 0 aromatic carbocycles. The molecule has 1 atom stereocenters. The minimum atomic E-state index is -0.147. The summed E-state index contributed by atoms with van der Waals surface area (Å²) in [4.78, 5) is 13.1. The maximum Gasteiger partial charge on any atom is 0.273 e. The molecule has 1 unspecified atom stereocenters. The number of aromatic nitrogens is 2. The summed E-state index contributed by atoms with van der Waals surface area (Å²) in [5.74, 6) is 1.18. The van der Waals surface area contributed by atoms with Gasteiger partial charge in [0.2, 0.25) is 0 Å². The number of hydrogen-bond donors (Lipinski definition) is 2. The van der Waals surface area contributed by atoms with Gasteiger partial charge in [0.25, 0.3) is 5.91 Å². The van der Waals surface area contributed by atoms with Gasteiger partial charge in [-0.1, -0.05) is 0 Å². The van der Waals surface area contributed by atoms with Crippen LogP contribution >= 0.6 is 0 Å². The predicted molar refractivity (Wildman–Crippen MR) is 69.2 cm³/mol. The monoisotopic (exact) mass is 249 g/mol. The predicted octanol–water partition coefficient (Wildman–Crippen LogP) is 0.328. The summed E-state index contributed by atoms with van der Waals surface area (Å²) in [5, 5.41) is 11.2. The molecule has 98 valence electrons. The Labute approximate surface area is 107 Å². The molecule has 1 saturated carbocycles. The number of anilines is 1. The van der Waals surface area contributed by atoms with Crippen molar-refractivity contribution in [3.05, 3.63) is 17.8 Å². The van der Waals surface area contributed by atoms with Gasteiger partial charge in [-0.2, -0.15) is 0 Å². The molecule has 6 heteroatoms. The average molecular weight is 249 g/mol. The second-order valence-electron chi connectivity index (χ2n) is 4.83. The van der Waals surface area contributed by atoms with E-state index in [1.807, 2.05) is 0 Å². The number of rotatable bonds is 5. The topological polar surface area (TPSA) is 84.1 Å². The summed E-state index contributed by atoms with van der Waals surface area (Å²) in [5.41, 5.74) is 6.06. The van der Waals surface area contributed by atoms with E-state index in [1.165, 1.54) is 17.7 Å². The van der Waals surface area contributed by atoms with E-state index in [2.05, 4.69) is 15.5 Å². The largest absolute Gasteiger partial charge is 0.364 e. The van der Waals surface area contributed by atoms with Crippen molar-refractivity contribution in [2.75, 3.05) is 26.0 Å². The van der Waals surface area contributed by atoms with Crippen LogP contribution in [0.3, 0.4) is 0 Å². The van der Waals surface area contributed by atoms with E-state index >= 15 is 0 Å². The van der Waals surface area contributed by atoms with Crippen LogP contribution in [0.1, 0.15) is 23.3 Å². The van der Waals surface area contributed by atoms with Gasteiger partial charge in [0.05, 0.1) is 0 Å². The van der Waals surface area contributed by atoms with E-state index < -0.39 is 0 Å². The van der Waals surface area contributed by atoms with Crippen LogP contribution in [0.2, 0.25) is 0 Å². The number of nitrogens with zero attached hydrogens (tertiary/aromatic N) is 3. The van der Waals surface area contributed by atoms with Gasteiger partial charge in [0.15, 0.2) is 5.69 Å². The number of nitrogens with one attached hydrogen (secondary N) is 1. The first-order chi connectivity index (χ1) is 8.61. The van der Waals surface area contributed by atoms with Crippen molar-refractivity contribution < 1.29 is 4.79 Å². The van der Waals surface area contributed by atoms with Gasteiger partial charge in [-0.25, -0.2) is 0 Å². The number of hydrogen-bond acceptors (Lipinski definition) is 5. The van der Waals surface area contributed by atoms with E-state index in [9.17, 15) is 4.79 Å². The Bertz CT molecular complexity index is 413. The van der Waals surface area contributed by atoms with Crippen LogP contribution in [-0.4, -0.2) is 47.7 Å². The molecule has 6 nitrogen and oxygen atoms in total. The molecule has 1 aliphatic carbocycles. The number of carbonyl (C=O) groups excluding carboxylic acids is 1. The molecule has 18 heavy (non-hydrogen) atoms. The zero-order valence-corrected chi connectivity index (χ0v) is 10.8. The van der Waals surface area contributed by atoms with Gasteiger partial charge < -0.3 is 16.0 Å². The van der Waals surface area contributed by atoms with Gasteiger partial charge in [0.1, 0.15) is 5.82 Å². The molecule has 1 aliphatic rings. The zero-order chi connectivity index (χ0) is 13.1. The first kappa shape index (κ1) is 12.8. The van der Waals surface area contributed by atoms with Crippen LogP contribution in [0.15, 0.2) is 12.1 Å². The quantitative estimate of drug-likeness (QED) is 0.785. The molecule has 1 amide bonds. The SMILES string of the molecule is CN(C)C(=O)c1ccc(NC(CN)C2CC2)nn1. The molecule has 0 radical (unpaired) electrons. The summed E-state index contributed by atoms with van der Waals surface area (Å²) in [6.45, 7) is 0.588. The van der Waals surface area contributed by atoms with Crippen LogP contribution in [0.25, 0.3) is 0 Å². The minimum absolute atomic E-state index is 0.147. The molecule has 0 aliphatic heterocycles. The molecule has 1 fully saturated rings. The van der Waals surface area contributed by atoms with Crippen LogP contribution in [-0.2, 0) is 0 Å². The fourth-order valence-electron chi connectivity index (χ4n) is 1.81. The van der Waals surface area contributed by atoms with Crippen molar-refractivity contribution in [1.29, 1.82) is 0 Å². The van der Waals surface area contributed by atoms with E-state index in [4.69, 9.17) is 5.73 Å². The zero-order valence-electron chi connectivity index (χ0n) is 10.8. The molecule has 1 heterocycles. The Hall–Kier alpha value is -1.69. The van der Waals surface area contributed by atoms with Crippen molar-refractivity contribution in [3.8, 4) is 0 Å². The van der Waals surface area contributed by atoms with Crippen LogP contribution < -0.4 is 11.1 Å². The highest BCUT2D eigenvalue weighted by Gasteiger charge is 2.30. The molecule has 0 spiro atoms. The van der Waals surface area contributed by atoms with E-state index in [0.29, 0.717) is 24.0 Å². The van der Waals surface area contributed by atoms with Gasteiger partial charge in [-0.3, -0.25) is 4.79 Å². The van der Waals surface area contributed by atoms with E-state index in [1.54, 1.807) is 26.2 Å². The lowest BCUT2D eigenvalue weighted by atomic mass is 10.2. The molecule has 3 N–H and O–H groups in total. The fraction of sp³-hybridized carbons (Fsp3) is 0.583. The molecular weight excluding hydrogens is 230 g/mol. The first-order valence-electron chi connectivity index (χ1n) is 6.14. The number of nitrogens with two attached hydrogens (primary N) is 1. The van der Waals surface area contributed by atoms with E-state index in [-0.39, 0.29) is 11.9 Å². The van der Waals surface area contributed by atoms with Gasteiger partial charge >= 0.3 is 0 Å². The highest BCUT2D eigenvalue weighted by molar-refractivity contribution is 5.91. The lowest BCUT2D eigenvalue weighted by molar-refractivity contribution is 0.0821. The van der Waals surface area contributed by atoms with Gasteiger partial charge in [-0.05, 0) is 30.9 Å². The van der Waals surface area contributed by atoms with E-state index in [0.717, 1.165) is 0 Å². The van der Waals surface area contributed by atoms with Crippen molar-refractivity contribution in [3.63, 3.8) is 0 Å². The Morgan fingerprint density at radius 2 is 2.22 bits per heavy atom. The molecule has 1 aromatic heterocycles. The molecular formula is C12H19N5O. The maximum absolute atomic E-state index is 11.6. The van der Waals surface area contributed by atoms with Crippen LogP contribution in [0.4, 0.5) is 5.82 Å². The van der Waals surface area contributed by atoms with Crippen molar-refractivity contribution >= 4 is 11.7 Å². The summed E-state index contributed by atoms with van der Waals surface area (Å²) >= 11 is 0. The summed E-state index contributed by atoms with van der Waals surface area (Å²) in [6.07, 6.45) is 2.44. The molecule has 0 bridgehead atoms.